The van der Waals surface area contributed by atoms with Crippen LogP contribution in [0.5, 0.6) is 0 Å². The Morgan fingerprint density at radius 3 is 2.72 bits per heavy atom. The Bertz CT molecular complexity index is 509. The molecular weight excluding hydrogens is 234 g/mol. The van der Waals surface area contributed by atoms with Gasteiger partial charge in [0.2, 0.25) is 0 Å². The van der Waals surface area contributed by atoms with E-state index in [4.69, 9.17) is 5.11 Å². The molecule has 1 aromatic heterocycles. The molecule has 0 saturated carbocycles. The summed E-state index contributed by atoms with van der Waals surface area (Å²) >= 11 is 0. The highest BCUT2D eigenvalue weighted by Crippen LogP contribution is 2.07. The van der Waals surface area contributed by atoms with Crippen LogP contribution in [0.25, 0.3) is 5.69 Å². The number of benzene rings is 1. The van der Waals surface area contributed by atoms with Gasteiger partial charge in [0, 0.05) is 11.6 Å². The predicted molar refractivity (Wildman–Crippen MR) is 63.2 cm³/mol. The minimum atomic E-state index is -0.267. The van der Waals surface area contributed by atoms with Gasteiger partial charge < -0.3 is 10.4 Å². The lowest BCUT2D eigenvalue weighted by atomic mass is 10.2. The first-order chi connectivity index (χ1) is 8.70. The quantitative estimate of drug-likeness (QED) is 0.778. The number of aliphatic hydroxyl groups excluding tert-OH is 1. The van der Waals surface area contributed by atoms with Crippen molar-refractivity contribution in [2.75, 3.05) is 6.61 Å². The molecule has 0 aliphatic rings. The van der Waals surface area contributed by atoms with Crippen LogP contribution in [0.15, 0.2) is 30.6 Å². The Kier molecular flexibility index (Phi) is 3.63. The lowest BCUT2D eigenvalue weighted by molar-refractivity contribution is 0.0922. The molecule has 0 spiro atoms. The summed E-state index contributed by atoms with van der Waals surface area (Å²) in [5.74, 6) is -0.222. The molecule has 1 amide bonds. The van der Waals surface area contributed by atoms with Crippen molar-refractivity contribution in [2.24, 2.45) is 0 Å². The number of hydrogen-bond donors (Lipinski definition) is 2. The maximum atomic E-state index is 11.7. The van der Waals surface area contributed by atoms with Gasteiger partial charge in [-0.2, -0.15) is 0 Å². The van der Waals surface area contributed by atoms with Gasteiger partial charge in [-0.15, -0.1) is 5.10 Å². The highest BCUT2D eigenvalue weighted by atomic mass is 16.3. The second-order valence-electron chi connectivity index (χ2n) is 3.86. The Morgan fingerprint density at radius 2 is 2.17 bits per heavy atom. The van der Waals surface area contributed by atoms with Gasteiger partial charge in [-0.3, -0.25) is 4.79 Å². The van der Waals surface area contributed by atoms with Gasteiger partial charge in [-0.05, 0) is 41.6 Å². The minimum Gasteiger partial charge on any atom is -0.394 e. The van der Waals surface area contributed by atoms with Crippen LogP contribution in [0, 0.1) is 0 Å². The Morgan fingerprint density at radius 1 is 1.44 bits per heavy atom. The third-order valence-electron chi connectivity index (χ3n) is 2.39. The standard InChI is InChI=1S/C11H13N5O2/c1-8(6-17)13-11(18)9-2-4-10(5-3-9)16-7-12-14-15-16/h2-5,7-8,17H,6H2,1H3,(H,13,18)/t8-/m0/s1. The summed E-state index contributed by atoms with van der Waals surface area (Å²) in [5.41, 5.74) is 1.29. The Labute approximate surface area is 103 Å². The number of aliphatic hydroxyl groups is 1. The van der Waals surface area contributed by atoms with Crippen molar-refractivity contribution < 1.29 is 9.90 Å². The first-order valence-electron chi connectivity index (χ1n) is 5.46. The highest BCUT2D eigenvalue weighted by Gasteiger charge is 2.09. The average Bonchev–Trinajstić information content (AvgIpc) is 2.92. The molecule has 0 radical (unpaired) electrons. The second-order valence-corrected chi connectivity index (χ2v) is 3.86. The van der Waals surface area contributed by atoms with E-state index in [2.05, 4.69) is 20.8 Å². The molecule has 0 fully saturated rings. The van der Waals surface area contributed by atoms with Gasteiger partial charge in [0.1, 0.15) is 6.33 Å². The summed E-state index contributed by atoms with van der Waals surface area (Å²) in [5, 5.41) is 22.3. The maximum Gasteiger partial charge on any atom is 0.251 e. The number of amides is 1. The van der Waals surface area contributed by atoms with Crippen molar-refractivity contribution in [1.29, 1.82) is 0 Å². The summed E-state index contributed by atoms with van der Waals surface area (Å²) in [7, 11) is 0. The van der Waals surface area contributed by atoms with E-state index in [-0.39, 0.29) is 18.6 Å². The fourth-order valence-electron chi connectivity index (χ4n) is 1.40. The van der Waals surface area contributed by atoms with Gasteiger partial charge in [0.05, 0.1) is 12.3 Å². The first-order valence-corrected chi connectivity index (χ1v) is 5.46. The zero-order valence-electron chi connectivity index (χ0n) is 9.82. The summed E-state index contributed by atoms with van der Waals surface area (Å²) in [6.45, 7) is 1.64. The van der Waals surface area contributed by atoms with Gasteiger partial charge in [-0.1, -0.05) is 0 Å². The van der Waals surface area contributed by atoms with Crippen molar-refractivity contribution in [3.8, 4) is 5.69 Å². The van der Waals surface area contributed by atoms with Gasteiger partial charge in [0.15, 0.2) is 0 Å². The molecule has 0 unspecified atom stereocenters. The van der Waals surface area contributed by atoms with E-state index in [1.165, 1.54) is 11.0 Å². The fourth-order valence-corrected chi connectivity index (χ4v) is 1.40. The molecule has 94 valence electrons. The zero-order valence-corrected chi connectivity index (χ0v) is 9.82. The van der Waals surface area contributed by atoms with Crippen LogP contribution >= 0.6 is 0 Å². The number of nitrogens with one attached hydrogen (secondary N) is 1. The van der Waals surface area contributed by atoms with Crippen LogP contribution in [0.2, 0.25) is 0 Å². The normalized spacial score (nSPS) is 12.1. The molecule has 0 bridgehead atoms. The van der Waals surface area contributed by atoms with Crippen LogP contribution < -0.4 is 5.32 Å². The predicted octanol–water partition coefficient (Wildman–Crippen LogP) is -0.227. The molecule has 2 aromatic rings. The number of tetrazole rings is 1. The van der Waals surface area contributed by atoms with Gasteiger partial charge >= 0.3 is 0 Å². The Balaban J connectivity index is 2.10. The van der Waals surface area contributed by atoms with E-state index in [9.17, 15) is 4.79 Å². The smallest absolute Gasteiger partial charge is 0.251 e. The number of carbonyl (C=O) groups excluding carboxylic acids is 1. The van der Waals surface area contributed by atoms with Crippen LogP contribution in [0.1, 0.15) is 17.3 Å². The summed E-state index contributed by atoms with van der Waals surface area (Å²) in [6, 6.07) is 6.58. The van der Waals surface area contributed by atoms with Crippen molar-refractivity contribution in [1.82, 2.24) is 25.5 Å². The molecule has 0 saturated heterocycles. The third-order valence-corrected chi connectivity index (χ3v) is 2.39. The molecule has 0 aliphatic carbocycles. The summed E-state index contributed by atoms with van der Waals surface area (Å²) in [6.07, 6.45) is 1.48. The molecule has 2 N–H and O–H groups in total. The number of carbonyl (C=O) groups is 1. The van der Waals surface area contributed by atoms with Crippen LogP contribution in [-0.4, -0.2) is 43.9 Å². The fraction of sp³-hybridized carbons (Fsp3) is 0.273. The van der Waals surface area contributed by atoms with Crippen LogP contribution in [0.3, 0.4) is 0 Å². The monoisotopic (exact) mass is 247 g/mol. The molecule has 1 atom stereocenters. The number of hydrogen-bond acceptors (Lipinski definition) is 5. The van der Waals surface area contributed by atoms with Crippen LogP contribution in [-0.2, 0) is 0 Å². The van der Waals surface area contributed by atoms with E-state index in [1.807, 2.05) is 0 Å². The molecule has 1 heterocycles. The summed E-state index contributed by atoms with van der Waals surface area (Å²) < 4.78 is 1.50. The number of nitrogens with zero attached hydrogens (tertiary/aromatic N) is 4. The molecule has 0 aliphatic heterocycles. The molecule has 1 aromatic carbocycles. The van der Waals surface area contributed by atoms with Gasteiger partial charge in [-0.25, -0.2) is 4.68 Å². The molecule has 7 heteroatoms. The highest BCUT2D eigenvalue weighted by molar-refractivity contribution is 5.94. The molecule has 2 rings (SSSR count). The van der Waals surface area contributed by atoms with Crippen molar-refractivity contribution in [2.45, 2.75) is 13.0 Å². The van der Waals surface area contributed by atoms with Crippen molar-refractivity contribution >= 4 is 5.91 Å². The largest absolute Gasteiger partial charge is 0.394 e. The lowest BCUT2D eigenvalue weighted by Crippen LogP contribution is -2.34. The minimum absolute atomic E-state index is 0.0888. The van der Waals surface area contributed by atoms with Crippen molar-refractivity contribution in [3.63, 3.8) is 0 Å². The Hall–Kier alpha value is -2.28. The zero-order chi connectivity index (χ0) is 13.0. The number of aromatic nitrogens is 4. The van der Waals surface area contributed by atoms with Gasteiger partial charge in [0.25, 0.3) is 5.91 Å². The molecular formula is C11H13N5O2. The van der Waals surface area contributed by atoms with Crippen molar-refractivity contribution in [3.05, 3.63) is 36.2 Å². The summed E-state index contributed by atoms with van der Waals surface area (Å²) in [4.78, 5) is 11.7. The molecule has 18 heavy (non-hydrogen) atoms. The van der Waals surface area contributed by atoms with E-state index in [0.29, 0.717) is 5.56 Å². The second kappa shape index (κ2) is 5.37. The third kappa shape index (κ3) is 2.69. The topological polar surface area (TPSA) is 92.9 Å². The van der Waals surface area contributed by atoms with E-state index < -0.39 is 0 Å². The van der Waals surface area contributed by atoms with E-state index in [1.54, 1.807) is 31.2 Å². The SMILES string of the molecule is C[C@@H](CO)NC(=O)c1ccc(-n2cnnn2)cc1. The van der Waals surface area contributed by atoms with Crippen LogP contribution in [0.4, 0.5) is 0 Å². The maximum absolute atomic E-state index is 11.7. The average molecular weight is 247 g/mol. The van der Waals surface area contributed by atoms with E-state index in [0.717, 1.165) is 5.69 Å². The number of rotatable bonds is 4. The molecule has 7 nitrogen and oxygen atoms in total. The van der Waals surface area contributed by atoms with E-state index >= 15 is 0 Å². The lowest BCUT2D eigenvalue weighted by Gasteiger charge is -2.10. The first kappa shape index (κ1) is 12.2.